The molecule has 1 unspecified atom stereocenters. The Labute approximate surface area is 155 Å². The van der Waals surface area contributed by atoms with Crippen LogP contribution in [0, 0.1) is 11.6 Å². The summed E-state index contributed by atoms with van der Waals surface area (Å²) in [6.07, 6.45) is -0.263. The topological polar surface area (TPSA) is 38.8 Å². The molecule has 138 valence electrons. The molecule has 2 aromatic carbocycles. The van der Waals surface area contributed by atoms with Gasteiger partial charge in [0.15, 0.2) is 17.6 Å². The second-order valence-electron chi connectivity index (χ2n) is 5.79. The summed E-state index contributed by atoms with van der Waals surface area (Å²) < 4.78 is 38.2. The van der Waals surface area contributed by atoms with Gasteiger partial charge in [-0.15, -0.1) is 11.8 Å². The third kappa shape index (κ3) is 4.46. The molecule has 0 bridgehead atoms. The minimum Gasteiger partial charge on any atom is -0.486 e. The van der Waals surface area contributed by atoms with E-state index in [2.05, 4.69) is 0 Å². The highest BCUT2D eigenvalue weighted by atomic mass is 32.2. The number of para-hydroxylation sites is 2. The molecule has 0 N–H and O–H groups in total. The summed E-state index contributed by atoms with van der Waals surface area (Å²) in [6, 6.07) is 10.7. The number of benzene rings is 2. The first kappa shape index (κ1) is 18.5. The average molecular weight is 379 g/mol. The van der Waals surface area contributed by atoms with E-state index in [-0.39, 0.29) is 22.7 Å². The molecule has 1 heterocycles. The Kier molecular flexibility index (Phi) is 5.98. The Morgan fingerprint density at radius 3 is 2.73 bits per heavy atom. The standard InChI is InChI=1S/C19H19F2NO3S/c1-2-22(10-14-11-24-16-5-3-4-6-17(16)25-14)19(23)12-26-18-8-7-13(20)9-15(18)21/h3-9,14H,2,10-12H2,1H3. The molecule has 1 atom stereocenters. The van der Waals surface area contributed by atoms with Crippen molar-refractivity contribution in [2.75, 3.05) is 25.4 Å². The number of carbonyl (C=O) groups excluding carboxylic acids is 1. The first-order valence-electron chi connectivity index (χ1n) is 8.31. The maximum absolute atomic E-state index is 13.7. The second-order valence-corrected chi connectivity index (χ2v) is 6.81. The summed E-state index contributed by atoms with van der Waals surface area (Å²) in [5, 5.41) is 0. The van der Waals surface area contributed by atoms with Crippen molar-refractivity contribution in [3.05, 3.63) is 54.1 Å². The van der Waals surface area contributed by atoms with E-state index in [0.29, 0.717) is 31.2 Å². The van der Waals surface area contributed by atoms with Gasteiger partial charge in [-0.2, -0.15) is 0 Å². The van der Waals surface area contributed by atoms with Gasteiger partial charge in [0.05, 0.1) is 12.3 Å². The molecule has 1 aliphatic heterocycles. The van der Waals surface area contributed by atoms with Gasteiger partial charge in [0.2, 0.25) is 5.91 Å². The van der Waals surface area contributed by atoms with E-state index in [9.17, 15) is 13.6 Å². The molecular formula is C19H19F2NO3S. The van der Waals surface area contributed by atoms with Gasteiger partial charge in [0, 0.05) is 17.5 Å². The molecule has 4 nitrogen and oxygen atoms in total. The van der Waals surface area contributed by atoms with E-state index in [4.69, 9.17) is 9.47 Å². The van der Waals surface area contributed by atoms with Gasteiger partial charge < -0.3 is 14.4 Å². The summed E-state index contributed by atoms with van der Waals surface area (Å²) in [4.78, 5) is 14.4. The molecule has 3 rings (SSSR count). The third-order valence-electron chi connectivity index (χ3n) is 3.97. The lowest BCUT2D eigenvalue weighted by Gasteiger charge is -2.30. The fourth-order valence-corrected chi connectivity index (χ4v) is 3.45. The molecule has 0 saturated heterocycles. The summed E-state index contributed by atoms with van der Waals surface area (Å²) in [7, 11) is 0. The first-order valence-corrected chi connectivity index (χ1v) is 9.29. The number of carbonyl (C=O) groups is 1. The number of fused-ring (bicyclic) bond motifs is 1. The number of rotatable bonds is 6. The van der Waals surface area contributed by atoms with Crippen LogP contribution in [0.5, 0.6) is 11.5 Å². The Hall–Kier alpha value is -2.28. The summed E-state index contributed by atoms with van der Waals surface area (Å²) in [6.45, 7) is 3.13. The number of amides is 1. The van der Waals surface area contributed by atoms with Crippen LogP contribution in [0.4, 0.5) is 8.78 Å². The third-order valence-corrected chi connectivity index (χ3v) is 5.00. The average Bonchev–Trinajstić information content (AvgIpc) is 2.65. The van der Waals surface area contributed by atoms with Crippen LogP contribution in [0.2, 0.25) is 0 Å². The molecule has 1 aliphatic rings. The minimum absolute atomic E-state index is 0.0700. The van der Waals surface area contributed by atoms with Gasteiger partial charge in [-0.05, 0) is 31.2 Å². The molecule has 0 saturated carbocycles. The normalized spacial score (nSPS) is 15.6. The lowest BCUT2D eigenvalue weighted by molar-refractivity contribution is -0.129. The highest BCUT2D eigenvalue weighted by molar-refractivity contribution is 8.00. The van der Waals surface area contributed by atoms with Crippen molar-refractivity contribution in [1.29, 1.82) is 0 Å². The molecule has 2 aromatic rings. The molecule has 0 aromatic heterocycles. The monoisotopic (exact) mass is 379 g/mol. The van der Waals surface area contributed by atoms with E-state index in [1.54, 1.807) is 4.90 Å². The van der Waals surface area contributed by atoms with E-state index < -0.39 is 11.6 Å². The summed E-state index contributed by atoms with van der Waals surface area (Å²) in [5.41, 5.74) is 0. The fourth-order valence-electron chi connectivity index (χ4n) is 2.63. The smallest absolute Gasteiger partial charge is 0.233 e. The minimum atomic E-state index is -0.661. The van der Waals surface area contributed by atoms with Crippen LogP contribution >= 0.6 is 11.8 Å². The zero-order chi connectivity index (χ0) is 18.5. The highest BCUT2D eigenvalue weighted by Gasteiger charge is 2.24. The van der Waals surface area contributed by atoms with Gasteiger partial charge in [-0.25, -0.2) is 8.78 Å². The molecule has 7 heteroatoms. The zero-order valence-corrected chi connectivity index (χ0v) is 15.1. The van der Waals surface area contributed by atoms with Crippen molar-refractivity contribution in [1.82, 2.24) is 4.90 Å². The Bertz CT molecular complexity index is 787. The van der Waals surface area contributed by atoms with Crippen molar-refractivity contribution >= 4 is 17.7 Å². The van der Waals surface area contributed by atoms with Crippen LogP contribution < -0.4 is 9.47 Å². The quantitative estimate of drug-likeness (QED) is 0.717. The van der Waals surface area contributed by atoms with E-state index in [0.717, 1.165) is 17.8 Å². The molecule has 0 fully saturated rings. The Balaban J connectivity index is 1.56. The Morgan fingerprint density at radius 1 is 1.23 bits per heavy atom. The van der Waals surface area contributed by atoms with Crippen molar-refractivity contribution in [3.8, 4) is 11.5 Å². The van der Waals surface area contributed by atoms with Gasteiger partial charge in [0.1, 0.15) is 18.2 Å². The molecule has 0 aliphatic carbocycles. The largest absolute Gasteiger partial charge is 0.486 e. The number of hydrogen-bond donors (Lipinski definition) is 0. The van der Waals surface area contributed by atoms with E-state index in [1.807, 2.05) is 31.2 Å². The number of halogens is 2. The van der Waals surface area contributed by atoms with Crippen molar-refractivity contribution in [2.24, 2.45) is 0 Å². The molecule has 1 amide bonds. The van der Waals surface area contributed by atoms with Gasteiger partial charge in [-0.1, -0.05) is 12.1 Å². The van der Waals surface area contributed by atoms with Gasteiger partial charge >= 0.3 is 0 Å². The number of likely N-dealkylation sites (N-methyl/N-ethyl adjacent to an activating group) is 1. The maximum Gasteiger partial charge on any atom is 0.233 e. The lowest BCUT2D eigenvalue weighted by Crippen LogP contribution is -2.44. The summed E-state index contributed by atoms with van der Waals surface area (Å²) in [5.74, 6) is -0.00526. The Morgan fingerprint density at radius 2 is 2.00 bits per heavy atom. The number of ether oxygens (including phenoxy) is 2. The maximum atomic E-state index is 13.7. The van der Waals surface area contributed by atoms with E-state index >= 15 is 0 Å². The van der Waals surface area contributed by atoms with E-state index in [1.165, 1.54) is 12.1 Å². The number of nitrogens with zero attached hydrogens (tertiary/aromatic N) is 1. The van der Waals surface area contributed by atoms with Crippen LogP contribution in [0.15, 0.2) is 47.4 Å². The fraction of sp³-hybridized carbons (Fsp3) is 0.316. The van der Waals surface area contributed by atoms with Crippen LogP contribution in [-0.2, 0) is 4.79 Å². The number of thioether (sulfide) groups is 1. The zero-order valence-electron chi connectivity index (χ0n) is 14.3. The van der Waals surface area contributed by atoms with Crippen molar-refractivity contribution in [3.63, 3.8) is 0 Å². The summed E-state index contributed by atoms with van der Waals surface area (Å²) >= 11 is 1.05. The van der Waals surface area contributed by atoms with Crippen LogP contribution in [0.3, 0.4) is 0 Å². The first-order chi connectivity index (χ1) is 12.6. The molecule has 0 radical (unpaired) electrons. The van der Waals surface area contributed by atoms with Crippen molar-refractivity contribution in [2.45, 2.75) is 17.9 Å². The second kappa shape index (κ2) is 8.40. The van der Waals surface area contributed by atoms with Crippen LogP contribution in [0.1, 0.15) is 6.92 Å². The van der Waals surface area contributed by atoms with Crippen molar-refractivity contribution < 1.29 is 23.0 Å². The molecular weight excluding hydrogens is 360 g/mol. The van der Waals surface area contributed by atoms with Gasteiger partial charge in [0.25, 0.3) is 0 Å². The SMILES string of the molecule is CCN(CC1COc2ccccc2O1)C(=O)CSc1ccc(F)cc1F. The predicted octanol–water partition coefficient (Wildman–Crippen LogP) is 3.75. The van der Waals surface area contributed by atoms with Crippen LogP contribution in [0.25, 0.3) is 0 Å². The van der Waals surface area contributed by atoms with Crippen LogP contribution in [-0.4, -0.2) is 42.4 Å². The lowest BCUT2D eigenvalue weighted by atomic mass is 10.2. The highest BCUT2D eigenvalue weighted by Crippen LogP contribution is 2.31. The van der Waals surface area contributed by atoms with Gasteiger partial charge in [-0.3, -0.25) is 4.79 Å². The number of hydrogen-bond acceptors (Lipinski definition) is 4. The molecule has 26 heavy (non-hydrogen) atoms. The molecule has 0 spiro atoms. The predicted molar refractivity (Wildman–Crippen MR) is 95.7 cm³/mol.